The van der Waals surface area contributed by atoms with Gasteiger partial charge in [-0.25, -0.2) is 9.89 Å². The number of carbonyl (C=O) groups is 1. The number of aromatic amines is 1. The second-order valence-corrected chi connectivity index (χ2v) is 8.80. The number of aromatic nitrogens is 3. The van der Waals surface area contributed by atoms with E-state index in [4.69, 9.17) is 4.74 Å². The number of hydrogen-bond donors (Lipinski definition) is 1. The van der Waals surface area contributed by atoms with Crippen molar-refractivity contribution in [1.29, 1.82) is 0 Å². The van der Waals surface area contributed by atoms with E-state index in [0.29, 0.717) is 11.3 Å². The summed E-state index contributed by atoms with van der Waals surface area (Å²) in [6, 6.07) is 15.5. The third kappa shape index (κ3) is 2.67. The molecule has 0 aliphatic heterocycles. The Morgan fingerprint density at radius 2 is 1.60 bits per heavy atom. The summed E-state index contributed by atoms with van der Waals surface area (Å²) >= 11 is 0. The highest BCUT2D eigenvalue weighted by Crippen LogP contribution is 2.62. The molecule has 0 radical (unpaired) electrons. The molecule has 4 aromatic rings. The van der Waals surface area contributed by atoms with Crippen molar-refractivity contribution in [3.63, 3.8) is 0 Å². The fourth-order valence-electron chi connectivity index (χ4n) is 5.34. The molecule has 0 bridgehead atoms. The maximum absolute atomic E-state index is 12.5. The number of rotatable bonds is 2. The van der Waals surface area contributed by atoms with Gasteiger partial charge in [0.1, 0.15) is 6.10 Å². The molecule has 30 heavy (non-hydrogen) atoms. The van der Waals surface area contributed by atoms with Gasteiger partial charge in [0.15, 0.2) is 0 Å². The summed E-state index contributed by atoms with van der Waals surface area (Å²) in [4.78, 5) is 24.5. The van der Waals surface area contributed by atoms with Gasteiger partial charge in [0.2, 0.25) is 0 Å². The van der Waals surface area contributed by atoms with Crippen LogP contribution in [0.5, 0.6) is 0 Å². The number of ether oxygens (including phenoxy) is 1. The van der Waals surface area contributed by atoms with Crippen molar-refractivity contribution >= 4 is 27.6 Å². The molecular weight excluding hydrogens is 378 g/mol. The molecule has 0 unspecified atom stereocenters. The molecule has 6 heteroatoms. The summed E-state index contributed by atoms with van der Waals surface area (Å²) in [5.41, 5.74) is 1.09. The Labute approximate surface area is 172 Å². The second-order valence-electron chi connectivity index (χ2n) is 8.80. The van der Waals surface area contributed by atoms with Crippen LogP contribution in [0.25, 0.3) is 21.5 Å². The van der Waals surface area contributed by atoms with E-state index in [1.807, 2.05) is 60.9 Å². The van der Waals surface area contributed by atoms with Crippen LogP contribution in [0.3, 0.4) is 0 Å². The minimum absolute atomic E-state index is 0.0238. The largest absolute Gasteiger partial charge is 0.446 e. The zero-order valence-electron chi connectivity index (χ0n) is 16.4. The third-order valence-electron chi connectivity index (χ3n) is 6.82. The van der Waals surface area contributed by atoms with Crippen LogP contribution in [-0.2, 0) is 4.74 Å². The Kier molecular flexibility index (Phi) is 3.66. The number of fused-ring (bicyclic) bond motifs is 2. The van der Waals surface area contributed by atoms with E-state index < -0.39 is 0 Å². The maximum Gasteiger partial charge on any atom is 0.418 e. The highest BCUT2D eigenvalue weighted by atomic mass is 16.6. The van der Waals surface area contributed by atoms with Crippen molar-refractivity contribution in [3.05, 3.63) is 77.0 Å². The molecule has 0 atom stereocenters. The van der Waals surface area contributed by atoms with Gasteiger partial charge >= 0.3 is 6.09 Å². The summed E-state index contributed by atoms with van der Waals surface area (Å²) in [5.74, 6) is 0.346. The van der Waals surface area contributed by atoms with Gasteiger partial charge in [-0.3, -0.25) is 9.36 Å². The molecule has 2 aromatic heterocycles. The molecule has 2 heterocycles. The highest BCUT2D eigenvalue weighted by molar-refractivity contribution is 5.87. The van der Waals surface area contributed by atoms with Crippen molar-refractivity contribution in [2.75, 3.05) is 0 Å². The molecule has 6 rings (SSSR count). The minimum atomic E-state index is -0.310. The first-order valence-electron chi connectivity index (χ1n) is 10.4. The van der Waals surface area contributed by atoms with E-state index in [1.165, 1.54) is 4.57 Å². The van der Waals surface area contributed by atoms with Crippen molar-refractivity contribution in [3.8, 4) is 0 Å². The Morgan fingerprint density at radius 1 is 0.967 bits per heavy atom. The lowest BCUT2D eigenvalue weighted by Crippen LogP contribution is -2.51. The number of nitrogens with one attached hydrogen (secondary N) is 1. The lowest BCUT2D eigenvalue weighted by atomic mass is 9.50. The van der Waals surface area contributed by atoms with Gasteiger partial charge < -0.3 is 4.74 Å². The average Bonchev–Trinajstić information content (AvgIpc) is 3.14. The molecule has 2 fully saturated rings. The van der Waals surface area contributed by atoms with Crippen LogP contribution >= 0.6 is 0 Å². The molecule has 0 amide bonds. The third-order valence-corrected chi connectivity index (χ3v) is 6.82. The Hall–Kier alpha value is -3.41. The number of hydrogen-bond acceptors (Lipinski definition) is 4. The topological polar surface area (TPSA) is 77.0 Å². The van der Waals surface area contributed by atoms with E-state index in [9.17, 15) is 9.59 Å². The van der Waals surface area contributed by atoms with Crippen LogP contribution in [0.15, 0.2) is 65.7 Å². The van der Waals surface area contributed by atoms with Crippen molar-refractivity contribution in [2.45, 2.75) is 37.7 Å². The minimum Gasteiger partial charge on any atom is -0.446 e. The fraction of sp³-hybridized carbons (Fsp3) is 0.292. The first-order chi connectivity index (χ1) is 14.6. The fourth-order valence-corrected chi connectivity index (χ4v) is 5.34. The van der Waals surface area contributed by atoms with Crippen LogP contribution in [0.1, 0.15) is 37.3 Å². The number of benzene rings is 2. The van der Waals surface area contributed by atoms with Gasteiger partial charge in [-0.2, -0.15) is 5.10 Å². The monoisotopic (exact) mass is 399 g/mol. The Balaban J connectivity index is 1.11. The summed E-state index contributed by atoms with van der Waals surface area (Å²) < 4.78 is 7.26. The summed E-state index contributed by atoms with van der Waals surface area (Å²) in [6.45, 7) is 0. The van der Waals surface area contributed by atoms with Crippen molar-refractivity contribution in [1.82, 2.24) is 14.8 Å². The first kappa shape index (κ1) is 17.4. The number of carbonyl (C=O) groups excluding carboxylic acids is 1. The van der Waals surface area contributed by atoms with E-state index in [0.717, 1.165) is 47.5 Å². The lowest BCUT2D eigenvalue weighted by Gasteiger charge is -2.56. The summed E-state index contributed by atoms with van der Waals surface area (Å²) in [6.07, 6.45) is 7.15. The zero-order chi connectivity index (χ0) is 20.3. The maximum atomic E-state index is 12.5. The van der Waals surface area contributed by atoms with Crippen LogP contribution in [0, 0.1) is 5.41 Å². The summed E-state index contributed by atoms with van der Waals surface area (Å²) in [5, 5.41) is 10.7. The van der Waals surface area contributed by atoms with Crippen molar-refractivity contribution in [2.24, 2.45) is 5.41 Å². The highest BCUT2D eigenvalue weighted by Gasteiger charge is 2.55. The first-order valence-corrected chi connectivity index (χ1v) is 10.4. The van der Waals surface area contributed by atoms with E-state index in [-0.39, 0.29) is 23.2 Å². The molecular formula is C24H21N3O3. The second kappa shape index (κ2) is 6.29. The van der Waals surface area contributed by atoms with Crippen LogP contribution in [0.2, 0.25) is 0 Å². The van der Waals surface area contributed by atoms with E-state index in [1.54, 1.807) is 0 Å². The molecule has 0 saturated heterocycles. The Bertz CT molecular complexity index is 1310. The summed E-state index contributed by atoms with van der Waals surface area (Å²) in [7, 11) is 0. The molecule has 150 valence electrons. The standard InChI is InChI=1S/C24H21N3O3/c28-22-20-8-4-3-7-19(20)21(25-26-22)17-9-24(10-17)11-18(12-24)30-23(29)27-13-15-5-1-2-6-16(15)14-27/h1-8,13-14,17-18H,9-12H2,(H,26,28). The molecule has 2 aliphatic rings. The molecule has 2 aliphatic carbocycles. The molecule has 1 spiro atoms. The van der Waals surface area contributed by atoms with Gasteiger partial charge in [0, 0.05) is 23.7 Å². The smallest absolute Gasteiger partial charge is 0.418 e. The molecule has 2 saturated carbocycles. The van der Waals surface area contributed by atoms with Crippen molar-refractivity contribution < 1.29 is 9.53 Å². The predicted octanol–water partition coefficient (Wildman–Crippen LogP) is 4.59. The van der Waals surface area contributed by atoms with E-state index in [2.05, 4.69) is 10.2 Å². The zero-order valence-corrected chi connectivity index (χ0v) is 16.4. The average molecular weight is 399 g/mol. The van der Waals surface area contributed by atoms with Crippen LogP contribution in [-0.4, -0.2) is 27.0 Å². The number of H-pyrrole nitrogens is 1. The predicted molar refractivity (Wildman–Crippen MR) is 114 cm³/mol. The lowest BCUT2D eigenvalue weighted by molar-refractivity contribution is -0.0964. The van der Waals surface area contributed by atoms with E-state index >= 15 is 0 Å². The molecule has 6 nitrogen and oxygen atoms in total. The molecule has 1 N–H and O–H groups in total. The van der Waals surface area contributed by atoms with Gasteiger partial charge in [-0.05, 0) is 47.9 Å². The normalized spacial score (nSPS) is 25.2. The van der Waals surface area contributed by atoms with Gasteiger partial charge in [0.25, 0.3) is 5.56 Å². The van der Waals surface area contributed by atoms with Gasteiger partial charge in [-0.1, -0.05) is 42.5 Å². The number of nitrogens with zero attached hydrogens (tertiary/aromatic N) is 2. The van der Waals surface area contributed by atoms with Crippen LogP contribution in [0.4, 0.5) is 4.79 Å². The van der Waals surface area contributed by atoms with Gasteiger partial charge in [-0.15, -0.1) is 0 Å². The van der Waals surface area contributed by atoms with Gasteiger partial charge in [0.05, 0.1) is 11.1 Å². The molecule has 2 aromatic carbocycles. The SMILES string of the molecule is O=C(OC1CC2(C1)CC(c1n[nH]c(=O)c3ccccc13)C2)n1cc2ccccc2c1. The quantitative estimate of drug-likeness (QED) is 0.535. The van der Waals surface area contributed by atoms with Crippen LogP contribution < -0.4 is 5.56 Å². The Morgan fingerprint density at radius 3 is 2.30 bits per heavy atom.